The van der Waals surface area contributed by atoms with Crippen molar-refractivity contribution in [3.05, 3.63) is 28.8 Å². The zero-order chi connectivity index (χ0) is 13.5. The van der Waals surface area contributed by atoms with E-state index >= 15 is 0 Å². The topological polar surface area (TPSA) is 40.5 Å². The molecule has 1 atom stereocenters. The third-order valence-corrected chi connectivity index (χ3v) is 4.15. The minimum absolute atomic E-state index is 0.0244. The van der Waals surface area contributed by atoms with Crippen LogP contribution in [0.1, 0.15) is 32.3 Å². The molecule has 98 valence electrons. The lowest BCUT2D eigenvalue weighted by molar-refractivity contribution is -0.148. The molecule has 18 heavy (non-hydrogen) atoms. The lowest BCUT2D eigenvalue weighted by Gasteiger charge is -2.27. The van der Waals surface area contributed by atoms with E-state index in [2.05, 4.69) is 11.8 Å². The van der Waals surface area contributed by atoms with Gasteiger partial charge in [-0.05, 0) is 44.5 Å². The van der Waals surface area contributed by atoms with Gasteiger partial charge in [-0.2, -0.15) is 0 Å². The number of aliphatic carboxylic acids is 1. The molecular weight excluding hydrogens is 250 g/mol. The number of carbonyl (C=O) groups is 1. The van der Waals surface area contributed by atoms with Gasteiger partial charge in [0.15, 0.2) is 0 Å². The Bertz CT molecular complexity index is 485. The standard InChI is InChI=1S/C14H18ClNO2/c1-4-16-8-11(14(2,3)13(17)18)10-7-9(15)5-6-12(10)16/h5-7,11H,4,8H2,1-3H3,(H,17,18). The van der Waals surface area contributed by atoms with Crippen LogP contribution in [0.2, 0.25) is 5.02 Å². The quantitative estimate of drug-likeness (QED) is 0.913. The molecular formula is C14H18ClNO2. The van der Waals surface area contributed by atoms with E-state index in [1.807, 2.05) is 18.2 Å². The first-order valence-electron chi connectivity index (χ1n) is 6.15. The fraction of sp³-hybridized carbons (Fsp3) is 0.500. The van der Waals surface area contributed by atoms with E-state index in [1.165, 1.54) is 0 Å². The summed E-state index contributed by atoms with van der Waals surface area (Å²) in [7, 11) is 0. The predicted molar refractivity (Wildman–Crippen MR) is 73.5 cm³/mol. The average Bonchev–Trinajstić information content (AvgIpc) is 2.67. The fourth-order valence-electron chi connectivity index (χ4n) is 2.58. The van der Waals surface area contributed by atoms with Crippen LogP contribution in [-0.4, -0.2) is 24.2 Å². The van der Waals surface area contributed by atoms with Crippen molar-refractivity contribution in [3.8, 4) is 0 Å². The van der Waals surface area contributed by atoms with Crippen molar-refractivity contribution in [2.45, 2.75) is 26.7 Å². The number of hydrogen-bond acceptors (Lipinski definition) is 2. The van der Waals surface area contributed by atoms with Crippen molar-refractivity contribution in [1.29, 1.82) is 0 Å². The number of fused-ring (bicyclic) bond motifs is 1. The van der Waals surface area contributed by atoms with Crippen LogP contribution < -0.4 is 4.90 Å². The molecule has 0 saturated heterocycles. The zero-order valence-electron chi connectivity index (χ0n) is 10.9. The van der Waals surface area contributed by atoms with Crippen molar-refractivity contribution < 1.29 is 9.90 Å². The molecule has 2 rings (SSSR count). The van der Waals surface area contributed by atoms with E-state index < -0.39 is 11.4 Å². The second-order valence-electron chi connectivity index (χ2n) is 5.32. The second-order valence-corrected chi connectivity index (χ2v) is 5.76. The summed E-state index contributed by atoms with van der Waals surface area (Å²) < 4.78 is 0. The van der Waals surface area contributed by atoms with E-state index in [9.17, 15) is 9.90 Å². The molecule has 3 nitrogen and oxygen atoms in total. The number of nitrogens with zero attached hydrogens (tertiary/aromatic N) is 1. The smallest absolute Gasteiger partial charge is 0.309 e. The van der Waals surface area contributed by atoms with Crippen LogP contribution in [0.5, 0.6) is 0 Å². The van der Waals surface area contributed by atoms with Gasteiger partial charge in [-0.1, -0.05) is 11.6 Å². The van der Waals surface area contributed by atoms with E-state index in [0.29, 0.717) is 5.02 Å². The second kappa shape index (κ2) is 4.47. The van der Waals surface area contributed by atoms with Crippen LogP contribution in [0.15, 0.2) is 18.2 Å². The normalized spacial score (nSPS) is 18.9. The Morgan fingerprint density at radius 1 is 1.56 bits per heavy atom. The molecule has 1 aliphatic heterocycles. The highest BCUT2D eigenvalue weighted by atomic mass is 35.5. The third-order valence-electron chi connectivity index (χ3n) is 3.91. The molecule has 0 radical (unpaired) electrons. The van der Waals surface area contributed by atoms with Gasteiger partial charge in [0, 0.05) is 29.7 Å². The van der Waals surface area contributed by atoms with Crippen LogP contribution in [0, 0.1) is 5.41 Å². The summed E-state index contributed by atoms with van der Waals surface area (Å²) in [6.07, 6.45) is 0. The molecule has 0 aliphatic carbocycles. The van der Waals surface area contributed by atoms with Gasteiger partial charge in [-0.15, -0.1) is 0 Å². The van der Waals surface area contributed by atoms with Crippen molar-refractivity contribution in [1.82, 2.24) is 0 Å². The van der Waals surface area contributed by atoms with Crippen molar-refractivity contribution in [2.24, 2.45) is 5.41 Å². The van der Waals surface area contributed by atoms with Crippen LogP contribution >= 0.6 is 11.6 Å². The number of carboxylic acid groups (broad SMARTS) is 1. The van der Waals surface area contributed by atoms with Crippen LogP contribution in [0.3, 0.4) is 0 Å². The minimum atomic E-state index is -0.788. The highest BCUT2D eigenvalue weighted by molar-refractivity contribution is 6.30. The van der Waals surface area contributed by atoms with Crippen molar-refractivity contribution >= 4 is 23.3 Å². The number of hydrogen-bond donors (Lipinski definition) is 1. The molecule has 1 heterocycles. The summed E-state index contributed by atoms with van der Waals surface area (Å²) in [5.74, 6) is -0.792. The van der Waals surface area contributed by atoms with Gasteiger partial charge < -0.3 is 10.0 Å². The molecule has 1 unspecified atom stereocenters. The first-order valence-corrected chi connectivity index (χ1v) is 6.53. The Morgan fingerprint density at radius 3 is 2.78 bits per heavy atom. The van der Waals surface area contributed by atoms with Gasteiger partial charge in [-0.3, -0.25) is 4.79 Å². The van der Waals surface area contributed by atoms with E-state index in [1.54, 1.807) is 13.8 Å². The maximum Gasteiger partial charge on any atom is 0.309 e. The molecule has 0 bridgehead atoms. The summed E-state index contributed by atoms with van der Waals surface area (Å²) in [4.78, 5) is 13.7. The monoisotopic (exact) mass is 267 g/mol. The number of carboxylic acids is 1. The third kappa shape index (κ3) is 1.97. The average molecular weight is 268 g/mol. The van der Waals surface area contributed by atoms with Gasteiger partial charge in [0.1, 0.15) is 0 Å². The number of likely N-dealkylation sites (N-methyl/N-ethyl adjacent to an activating group) is 1. The SMILES string of the molecule is CCN1CC(C(C)(C)C(=O)O)c2cc(Cl)ccc21. The van der Waals surface area contributed by atoms with E-state index in [0.717, 1.165) is 24.3 Å². The summed E-state index contributed by atoms with van der Waals surface area (Å²) >= 11 is 6.04. The predicted octanol–water partition coefficient (Wildman–Crippen LogP) is 3.37. The molecule has 1 aromatic carbocycles. The molecule has 0 spiro atoms. The maximum absolute atomic E-state index is 11.4. The molecule has 1 aromatic rings. The minimum Gasteiger partial charge on any atom is -0.481 e. The van der Waals surface area contributed by atoms with Gasteiger partial charge in [0.25, 0.3) is 0 Å². The van der Waals surface area contributed by atoms with Gasteiger partial charge in [0.2, 0.25) is 0 Å². The molecule has 0 amide bonds. The largest absolute Gasteiger partial charge is 0.481 e. The first-order chi connectivity index (χ1) is 8.37. The molecule has 0 saturated carbocycles. The Hall–Kier alpha value is -1.22. The Balaban J connectivity index is 2.49. The fourth-order valence-corrected chi connectivity index (χ4v) is 2.76. The maximum atomic E-state index is 11.4. The zero-order valence-corrected chi connectivity index (χ0v) is 11.7. The number of anilines is 1. The Morgan fingerprint density at radius 2 is 2.22 bits per heavy atom. The molecule has 1 aliphatic rings. The summed E-state index contributed by atoms with van der Waals surface area (Å²) in [6, 6.07) is 5.75. The Labute approximate surface area is 112 Å². The number of benzene rings is 1. The molecule has 4 heteroatoms. The molecule has 0 fully saturated rings. The van der Waals surface area contributed by atoms with Gasteiger partial charge >= 0.3 is 5.97 Å². The van der Waals surface area contributed by atoms with Gasteiger partial charge in [0.05, 0.1) is 5.41 Å². The first kappa shape index (κ1) is 13.2. The van der Waals surface area contributed by atoms with Crippen LogP contribution in [0.4, 0.5) is 5.69 Å². The van der Waals surface area contributed by atoms with Crippen LogP contribution in [-0.2, 0) is 4.79 Å². The summed E-state index contributed by atoms with van der Waals surface area (Å²) in [5.41, 5.74) is 1.38. The highest BCUT2D eigenvalue weighted by Crippen LogP contribution is 2.46. The summed E-state index contributed by atoms with van der Waals surface area (Å²) in [5, 5.41) is 10.1. The molecule has 0 aromatic heterocycles. The lowest BCUT2D eigenvalue weighted by Crippen LogP contribution is -2.34. The molecule has 1 N–H and O–H groups in total. The number of rotatable bonds is 3. The van der Waals surface area contributed by atoms with Gasteiger partial charge in [-0.25, -0.2) is 0 Å². The Kier molecular flexibility index (Phi) is 3.28. The van der Waals surface area contributed by atoms with Crippen molar-refractivity contribution in [3.63, 3.8) is 0 Å². The van der Waals surface area contributed by atoms with Crippen LogP contribution in [0.25, 0.3) is 0 Å². The highest BCUT2D eigenvalue weighted by Gasteiger charge is 2.43. The summed E-state index contributed by atoms with van der Waals surface area (Å²) in [6.45, 7) is 7.26. The van der Waals surface area contributed by atoms with E-state index in [-0.39, 0.29) is 5.92 Å². The van der Waals surface area contributed by atoms with Crippen molar-refractivity contribution in [2.75, 3.05) is 18.0 Å². The van der Waals surface area contributed by atoms with E-state index in [4.69, 9.17) is 11.6 Å². The number of halogens is 1. The lowest BCUT2D eigenvalue weighted by atomic mass is 9.76.